The minimum absolute atomic E-state index is 0.158. The van der Waals surface area contributed by atoms with Gasteiger partial charge in [-0.3, -0.25) is 4.79 Å². The molecule has 0 bridgehead atoms. The molecule has 24 heavy (non-hydrogen) atoms. The lowest BCUT2D eigenvalue weighted by atomic mass is 10.1. The highest BCUT2D eigenvalue weighted by molar-refractivity contribution is 5.94. The number of rotatable bonds is 5. The summed E-state index contributed by atoms with van der Waals surface area (Å²) in [5.41, 5.74) is 5.82. The molecule has 0 radical (unpaired) electrons. The first-order valence-corrected chi connectivity index (χ1v) is 7.33. The first kappa shape index (κ1) is 17.6. The van der Waals surface area contributed by atoms with E-state index in [9.17, 15) is 13.6 Å². The third-order valence-corrected chi connectivity index (χ3v) is 3.38. The molecule has 0 saturated heterocycles. The molecule has 6 heteroatoms. The highest BCUT2D eigenvalue weighted by Crippen LogP contribution is 2.25. The number of ether oxygens (including phenoxy) is 1. The number of carbonyl (C=O) groups excluding carboxylic acids is 1. The van der Waals surface area contributed by atoms with E-state index in [0.29, 0.717) is 22.3 Å². The van der Waals surface area contributed by atoms with Crippen LogP contribution in [0.2, 0.25) is 0 Å². The molecule has 0 aromatic heterocycles. The van der Waals surface area contributed by atoms with Gasteiger partial charge in [0, 0.05) is 5.56 Å². The van der Waals surface area contributed by atoms with Crippen LogP contribution < -0.4 is 10.2 Å². The molecule has 0 fully saturated rings. The van der Waals surface area contributed by atoms with E-state index in [1.165, 1.54) is 6.21 Å². The van der Waals surface area contributed by atoms with Crippen molar-refractivity contribution in [2.45, 2.75) is 27.4 Å². The average Bonchev–Trinajstić information content (AvgIpc) is 2.51. The Hall–Kier alpha value is -2.76. The molecule has 0 unspecified atom stereocenters. The topological polar surface area (TPSA) is 50.7 Å². The molecule has 2 aromatic rings. The Morgan fingerprint density at radius 3 is 2.25 bits per heavy atom. The first-order chi connectivity index (χ1) is 11.4. The summed E-state index contributed by atoms with van der Waals surface area (Å²) < 4.78 is 29.2. The van der Waals surface area contributed by atoms with Gasteiger partial charge in [0.25, 0.3) is 5.91 Å². The summed E-state index contributed by atoms with van der Waals surface area (Å²) in [5, 5.41) is 3.90. The van der Waals surface area contributed by atoms with Gasteiger partial charge in [0.1, 0.15) is 5.75 Å². The first-order valence-electron chi connectivity index (χ1n) is 7.33. The van der Waals surface area contributed by atoms with Gasteiger partial charge in [-0.1, -0.05) is 17.7 Å². The lowest BCUT2D eigenvalue weighted by Crippen LogP contribution is -2.17. The van der Waals surface area contributed by atoms with Crippen molar-refractivity contribution in [2.24, 2.45) is 5.10 Å². The fourth-order valence-electron chi connectivity index (χ4n) is 2.27. The van der Waals surface area contributed by atoms with Crippen molar-refractivity contribution in [3.63, 3.8) is 0 Å². The zero-order valence-electron chi connectivity index (χ0n) is 13.6. The van der Waals surface area contributed by atoms with Crippen molar-refractivity contribution in [1.82, 2.24) is 5.43 Å². The summed E-state index contributed by atoms with van der Waals surface area (Å²) in [6.07, 6.45) is 1.46. The number of alkyl halides is 2. The maximum absolute atomic E-state index is 12.4. The van der Waals surface area contributed by atoms with Gasteiger partial charge in [0.2, 0.25) is 0 Å². The lowest BCUT2D eigenvalue weighted by Gasteiger charge is -2.11. The van der Waals surface area contributed by atoms with E-state index in [-0.39, 0.29) is 11.7 Å². The Morgan fingerprint density at radius 2 is 1.71 bits per heavy atom. The monoisotopic (exact) mass is 332 g/mol. The minimum atomic E-state index is -2.87. The zero-order chi connectivity index (χ0) is 17.7. The van der Waals surface area contributed by atoms with Crippen LogP contribution in [-0.2, 0) is 0 Å². The summed E-state index contributed by atoms with van der Waals surface area (Å²) in [7, 11) is 0. The second-order valence-corrected chi connectivity index (χ2v) is 5.43. The maximum atomic E-state index is 12.4. The predicted molar refractivity (Wildman–Crippen MR) is 88.8 cm³/mol. The average molecular weight is 332 g/mol. The lowest BCUT2D eigenvalue weighted by molar-refractivity contribution is -0.0507. The number of carbonyl (C=O) groups is 1. The predicted octanol–water partition coefficient (Wildman–Crippen LogP) is 3.98. The SMILES string of the molecule is Cc1ccc(C(=O)N/N=C\c2cc(C)c(OC(F)F)c(C)c2)cc1. The zero-order valence-corrected chi connectivity index (χ0v) is 13.6. The Morgan fingerprint density at radius 1 is 1.12 bits per heavy atom. The Labute approximate surface area is 139 Å². The largest absolute Gasteiger partial charge is 0.434 e. The van der Waals surface area contributed by atoms with Crippen LogP contribution in [0, 0.1) is 20.8 Å². The van der Waals surface area contributed by atoms with Crippen LogP contribution in [0.25, 0.3) is 0 Å². The molecule has 0 aliphatic carbocycles. The normalized spacial score (nSPS) is 11.1. The number of nitrogens with one attached hydrogen (secondary N) is 1. The van der Waals surface area contributed by atoms with E-state index in [1.54, 1.807) is 38.1 Å². The van der Waals surface area contributed by atoms with Gasteiger partial charge in [-0.25, -0.2) is 5.43 Å². The van der Waals surface area contributed by atoms with Crippen LogP contribution in [-0.4, -0.2) is 18.7 Å². The molecule has 1 amide bonds. The van der Waals surface area contributed by atoms with Crippen LogP contribution in [0.5, 0.6) is 5.75 Å². The van der Waals surface area contributed by atoms with Gasteiger partial charge in [0.05, 0.1) is 6.21 Å². The van der Waals surface area contributed by atoms with Crippen molar-refractivity contribution >= 4 is 12.1 Å². The molecule has 0 heterocycles. The molecule has 0 aliphatic heterocycles. The second kappa shape index (κ2) is 7.68. The Bertz CT molecular complexity index is 733. The number of halogens is 2. The molecular formula is C18H18F2N2O2. The quantitative estimate of drug-likeness (QED) is 0.665. The highest BCUT2D eigenvalue weighted by atomic mass is 19.3. The van der Waals surface area contributed by atoms with E-state index < -0.39 is 6.61 Å². The summed E-state index contributed by atoms with van der Waals surface area (Å²) >= 11 is 0. The summed E-state index contributed by atoms with van der Waals surface area (Å²) in [4.78, 5) is 11.9. The van der Waals surface area contributed by atoms with Gasteiger partial charge in [-0.05, 0) is 61.7 Å². The summed E-state index contributed by atoms with van der Waals surface area (Å²) in [6.45, 7) is 2.42. The molecule has 1 N–H and O–H groups in total. The maximum Gasteiger partial charge on any atom is 0.387 e. The second-order valence-electron chi connectivity index (χ2n) is 5.43. The minimum Gasteiger partial charge on any atom is -0.434 e. The fraction of sp³-hybridized carbons (Fsp3) is 0.222. The van der Waals surface area contributed by atoms with Gasteiger partial charge < -0.3 is 4.74 Å². The van der Waals surface area contributed by atoms with Crippen LogP contribution in [0.1, 0.15) is 32.6 Å². The third kappa shape index (κ3) is 4.62. The van der Waals surface area contributed by atoms with Crippen LogP contribution >= 0.6 is 0 Å². The summed E-state index contributed by atoms with van der Waals surface area (Å²) in [6, 6.07) is 10.4. The van der Waals surface area contributed by atoms with E-state index in [1.807, 2.05) is 19.1 Å². The standard InChI is InChI=1S/C18H18F2N2O2/c1-11-4-6-15(7-5-11)17(23)22-21-10-14-8-12(2)16(13(3)9-14)24-18(19)20/h4-10,18H,1-3H3,(H,22,23)/b21-10-. The van der Waals surface area contributed by atoms with E-state index in [2.05, 4.69) is 15.3 Å². The number of aryl methyl sites for hydroxylation is 3. The van der Waals surface area contributed by atoms with Crippen LogP contribution in [0.15, 0.2) is 41.5 Å². The van der Waals surface area contributed by atoms with Gasteiger partial charge in [-0.15, -0.1) is 0 Å². The van der Waals surface area contributed by atoms with Gasteiger partial charge >= 0.3 is 6.61 Å². The van der Waals surface area contributed by atoms with Gasteiger partial charge in [-0.2, -0.15) is 13.9 Å². The Kier molecular flexibility index (Phi) is 5.63. The molecule has 0 atom stereocenters. The fourth-order valence-corrected chi connectivity index (χ4v) is 2.27. The smallest absolute Gasteiger partial charge is 0.387 e. The molecule has 2 rings (SSSR count). The van der Waals surface area contributed by atoms with E-state index in [4.69, 9.17) is 0 Å². The number of amides is 1. The number of nitrogens with zero attached hydrogens (tertiary/aromatic N) is 1. The number of hydrogen-bond acceptors (Lipinski definition) is 3. The third-order valence-electron chi connectivity index (χ3n) is 3.38. The number of hydrazone groups is 1. The van der Waals surface area contributed by atoms with Crippen molar-refractivity contribution in [1.29, 1.82) is 0 Å². The summed E-state index contributed by atoms with van der Waals surface area (Å²) in [5.74, 6) is -0.164. The molecule has 2 aromatic carbocycles. The van der Waals surface area contributed by atoms with E-state index in [0.717, 1.165) is 5.56 Å². The Balaban J connectivity index is 2.06. The van der Waals surface area contributed by atoms with Crippen LogP contribution in [0.3, 0.4) is 0 Å². The van der Waals surface area contributed by atoms with Crippen molar-refractivity contribution in [3.05, 3.63) is 64.2 Å². The van der Waals surface area contributed by atoms with Crippen molar-refractivity contribution in [3.8, 4) is 5.75 Å². The molecule has 0 saturated carbocycles. The number of benzene rings is 2. The molecule has 0 spiro atoms. The van der Waals surface area contributed by atoms with Crippen molar-refractivity contribution < 1.29 is 18.3 Å². The highest BCUT2D eigenvalue weighted by Gasteiger charge is 2.11. The van der Waals surface area contributed by atoms with E-state index >= 15 is 0 Å². The molecule has 0 aliphatic rings. The van der Waals surface area contributed by atoms with Crippen molar-refractivity contribution in [2.75, 3.05) is 0 Å². The molecule has 4 nitrogen and oxygen atoms in total. The molecule has 126 valence electrons. The number of hydrogen-bond donors (Lipinski definition) is 1. The molecular weight excluding hydrogens is 314 g/mol. The van der Waals surface area contributed by atoms with Gasteiger partial charge in [0.15, 0.2) is 0 Å². The van der Waals surface area contributed by atoms with Crippen LogP contribution in [0.4, 0.5) is 8.78 Å².